The van der Waals surface area contributed by atoms with Crippen molar-refractivity contribution < 1.29 is 9.84 Å². The quantitative estimate of drug-likeness (QED) is 0.866. The van der Waals surface area contributed by atoms with E-state index >= 15 is 0 Å². The van der Waals surface area contributed by atoms with E-state index in [-0.39, 0.29) is 12.6 Å². The van der Waals surface area contributed by atoms with E-state index in [1.54, 1.807) is 6.20 Å². The zero-order valence-corrected chi connectivity index (χ0v) is 10.2. The Hall–Kier alpha value is -1.91. The third-order valence-electron chi connectivity index (χ3n) is 2.60. The van der Waals surface area contributed by atoms with Crippen LogP contribution < -0.4 is 10.5 Å². The molecule has 1 atom stereocenters. The summed E-state index contributed by atoms with van der Waals surface area (Å²) in [6.07, 6.45) is 1.63. The highest BCUT2D eigenvalue weighted by molar-refractivity contribution is 5.36. The molecule has 94 valence electrons. The summed E-state index contributed by atoms with van der Waals surface area (Å²) in [5, 5.41) is 9.20. The summed E-state index contributed by atoms with van der Waals surface area (Å²) in [4.78, 5) is 4.22. The second kappa shape index (κ2) is 5.62. The first-order valence-corrected chi connectivity index (χ1v) is 5.79. The molecule has 1 aromatic heterocycles. The topological polar surface area (TPSA) is 68.4 Å². The van der Waals surface area contributed by atoms with Crippen molar-refractivity contribution in [1.82, 2.24) is 4.98 Å². The number of hydrogen-bond acceptors (Lipinski definition) is 4. The molecule has 2 rings (SSSR count). The molecule has 0 saturated carbocycles. The van der Waals surface area contributed by atoms with Crippen LogP contribution in [0.1, 0.15) is 24.2 Å². The van der Waals surface area contributed by atoms with E-state index in [0.29, 0.717) is 11.5 Å². The minimum absolute atomic E-state index is 0.0540. The summed E-state index contributed by atoms with van der Waals surface area (Å²) in [5.41, 5.74) is 7.29. The van der Waals surface area contributed by atoms with E-state index in [1.165, 1.54) is 0 Å². The third kappa shape index (κ3) is 2.85. The second-order valence-electron chi connectivity index (χ2n) is 4.08. The van der Waals surface area contributed by atoms with E-state index < -0.39 is 0 Å². The fraction of sp³-hybridized carbons (Fsp3) is 0.214. The van der Waals surface area contributed by atoms with Gasteiger partial charge in [0.2, 0.25) is 0 Å². The van der Waals surface area contributed by atoms with Crippen molar-refractivity contribution in [2.75, 3.05) is 0 Å². The maximum atomic E-state index is 9.20. The molecular weight excluding hydrogens is 228 g/mol. The lowest BCUT2D eigenvalue weighted by atomic mass is 10.2. The monoisotopic (exact) mass is 244 g/mol. The van der Waals surface area contributed by atoms with E-state index in [9.17, 15) is 5.11 Å². The van der Waals surface area contributed by atoms with Gasteiger partial charge in [-0.25, -0.2) is 0 Å². The molecule has 0 amide bonds. The predicted molar refractivity (Wildman–Crippen MR) is 69.3 cm³/mol. The Kier molecular flexibility index (Phi) is 3.92. The fourth-order valence-corrected chi connectivity index (χ4v) is 1.58. The summed E-state index contributed by atoms with van der Waals surface area (Å²) < 4.78 is 5.67. The van der Waals surface area contributed by atoms with Gasteiger partial charge in [-0.05, 0) is 25.1 Å². The van der Waals surface area contributed by atoms with Crippen molar-refractivity contribution in [1.29, 1.82) is 0 Å². The van der Waals surface area contributed by atoms with Crippen LogP contribution in [-0.2, 0) is 6.61 Å². The minimum atomic E-state index is -0.0937. The third-order valence-corrected chi connectivity index (χ3v) is 2.60. The summed E-state index contributed by atoms with van der Waals surface area (Å²) in [6.45, 7) is 1.82. The van der Waals surface area contributed by atoms with Crippen LogP contribution in [0.4, 0.5) is 0 Å². The van der Waals surface area contributed by atoms with Crippen LogP contribution in [0.25, 0.3) is 0 Å². The van der Waals surface area contributed by atoms with Crippen LogP contribution >= 0.6 is 0 Å². The maximum Gasteiger partial charge on any atom is 0.145 e. The van der Waals surface area contributed by atoms with Gasteiger partial charge in [0, 0.05) is 11.6 Å². The highest BCUT2D eigenvalue weighted by Crippen LogP contribution is 2.25. The largest absolute Gasteiger partial charge is 0.455 e. The SMILES string of the molecule is C[C@H](N)c1ccc(Oc2ccccc2CO)cn1. The molecular formula is C14H16N2O2. The molecule has 0 spiro atoms. The van der Waals surface area contributed by atoms with Crippen molar-refractivity contribution in [2.24, 2.45) is 5.73 Å². The Morgan fingerprint density at radius 2 is 2.06 bits per heavy atom. The number of rotatable bonds is 4. The van der Waals surface area contributed by atoms with E-state index in [2.05, 4.69) is 4.98 Å². The Morgan fingerprint density at radius 1 is 1.28 bits per heavy atom. The molecule has 1 aromatic carbocycles. The first-order chi connectivity index (χ1) is 8.70. The second-order valence-corrected chi connectivity index (χ2v) is 4.08. The highest BCUT2D eigenvalue weighted by Gasteiger charge is 2.05. The molecule has 1 heterocycles. The molecule has 4 heteroatoms. The number of nitrogens with zero attached hydrogens (tertiary/aromatic N) is 1. The molecule has 0 aliphatic rings. The summed E-state index contributed by atoms with van der Waals surface area (Å²) in [7, 11) is 0. The van der Waals surface area contributed by atoms with Crippen LogP contribution in [0.5, 0.6) is 11.5 Å². The van der Waals surface area contributed by atoms with Crippen LogP contribution in [-0.4, -0.2) is 10.1 Å². The van der Waals surface area contributed by atoms with Gasteiger partial charge in [-0.1, -0.05) is 18.2 Å². The number of ether oxygens (including phenoxy) is 1. The molecule has 0 saturated heterocycles. The average molecular weight is 244 g/mol. The first kappa shape index (κ1) is 12.5. The summed E-state index contributed by atoms with van der Waals surface area (Å²) in [6, 6.07) is 10.9. The molecule has 3 N–H and O–H groups in total. The van der Waals surface area contributed by atoms with Crippen molar-refractivity contribution in [2.45, 2.75) is 19.6 Å². The van der Waals surface area contributed by atoms with Gasteiger partial charge < -0.3 is 15.6 Å². The van der Waals surface area contributed by atoms with Gasteiger partial charge in [0.25, 0.3) is 0 Å². The van der Waals surface area contributed by atoms with Crippen LogP contribution in [0.15, 0.2) is 42.6 Å². The van der Waals surface area contributed by atoms with Gasteiger partial charge in [0.05, 0.1) is 18.5 Å². The van der Waals surface area contributed by atoms with Gasteiger partial charge in [-0.2, -0.15) is 0 Å². The number of aliphatic hydroxyl groups excluding tert-OH is 1. The Morgan fingerprint density at radius 3 is 2.67 bits per heavy atom. The molecule has 2 aromatic rings. The fourth-order valence-electron chi connectivity index (χ4n) is 1.58. The molecule has 18 heavy (non-hydrogen) atoms. The lowest BCUT2D eigenvalue weighted by Crippen LogP contribution is -2.06. The number of pyridine rings is 1. The molecule has 4 nitrogen and oxygen atoms in total. The van der Waals surface area contributed by atoms with Gasteiger partial charge in [0.1, 0.15) is 11.5 Å². The number of hydrogen-bond donors (Lipinski definition) is 2. The summed E-state index contributed by atoms with van der Waals surface area (Å²) in [5.74, 6) is 1.26. The van der Waals surface area contributed by atoms with Gasteiger partial charge in [-0.15, -0.1) is 0 Å². The van der Waals surface area contributed by atoms with Crippen molar-refractivity contribution in [3.8, 4) is 11.5 Å². The zero-order valence-electron chi connectivity index (χ0n) is 10.2. The lowest BCUT2D eigenvalue weighted by Gasteiger charge is -2.10. The molecule has 0 fully saturated rings. The number of nitrogens with two attached hydrogens (primary N) is 1. The zero-order chi connectivity index (χ0) is 13.0. The van der Waals surface area contributed by atoms with Gasteiger partial charge in [-0.3, -0.25) is 4.98 Å². The van der Waals surface area contributed by atoms with Gasteiger partial charge in [0.15, 0.2) is 0 Å². The Labute approximate surface area is 106 Å². The van der Waals surface area contributed by atoms with Crippen molar-refractivity contribution in [3.05, 3.63) is 53.9 Å². The van der Waals surface area contributed by atoms with Crippen molar-refractivity contribution in [3.63, 3.8) is 0 Å². The number of para-hydroxylation sites is 1. The lowest BCUT2D eigenvalue weighted by molar-refractivity contribution is 0.276. The summed E-state index contributed by atoms with van der Waals surface area (Å²) >= 11 is 0. The van der Waals surface area contributed by atoms with Gasteiger partial charge >= 0.3 is 0 Å². The molecule has 0 unspecified atom stereocenters. The number of benzene rings is 1. The predicted octanol–water partition coefficient (Wildman–Crippen LogP) is 2.39. The minimum Gasteiger partial charge on any atom is -0.455 e. The smallest absolute Gasteiger partial charge is 0.145 e. The molecule has 0 bridgehead atoms. The van der Waals surface area contributed by atoms with Crippen molar-refractivity contribution >= 4 is 0 Å². The Balaban J connectivity index is 2.18. The maximum absolute atomic E-state index is 9.20. The average Bonchev–Trinajstić information content (AvgIpc) is 2.40. The standard InChI is InChI=1S/C14H16N2O2/c1-10(15)13-7-6-12(8-16-13)18-14-5-3-2-4-11(14)9-17/h2-8,10,17H,9,15H2,1H3/t10-/m0/s1. The van der Waals surface area contributed by atoms with E-state index in [1.807, 2.05) is 43.3 Å². The molecule has 0 radical (unpaired) electrons. The van der Waals surface area contributed by atoms with Crippen LogP contribution in [0.3, 0.4) is 0 Å². The van der Waals surface area contributed by atoms with Crippen LogP contribution in [0.2, 0.25) is 0 Å². The number of aromatic nitrogens is 1. The molecule has 0 aliphatic carbocycles. The normalized spacial score (nSPS) is 12.2. The first-order valence-electron chi connectivity index (χ1n) is 5.79. The van der Waals surface area contributed by atoms with E-state index in [0.717, 1.165) is 11.3 Å². The Bertz CT molecular complexity index is 509. The number of aliphatic hydroxyl groups is 1. The highest BCUT2D eigenvalue weighted by atomic mass is 16.5. The molecule has 0 aliphatic heterocycles. The van der Waals surface area contributed by atoms with Crippen LogP contribution in [0, 0.1) is 0 Å². The van der Waals surface area contributed by atoms with E-state index in [4.69, 9.17) is 10.5 Å².